The fourth-order valence-corrected chi connectivity index (χ4v) is 3.49. The number of hydrogen-bond donors (Lipinski definition) is 5. The van der Waals surface area contributed by atoms with Gasteiger partial charge in [0.05, 0.1) is 20.0 Å². The Balaban J connectivity index is 1.49. The lowest BCUT2D eigenvalue weighted by molar-refractivity contribution is -0.0511. The van der Waals surface area contributed by atoms with Crippen molar-refractivity contribution in [2.75, 3.05) is 25.6 Å². The summed E-state index contributed by atoms with van der Waals surface area (Å²) in [6.07, 6.45) is -0.810. The van der Waals surface area contributed by atoms with Gasteiger partial charge >= 0.3 is 0 Å². The molecule has 11 nitrogen and oxygen atoms in total. The van der Waals surface area contributed by atoms with Gasteiger partial charge < -0.3 is 35.2 Å². The molecule has 4 rings (SSSR count). The lowest BCUT2D eigenvalue weighted by Gasteiger charge is -2.16. The van der Waals surface area contributed by atoms with Crippen LogP contribution in [0.1, 0.15) is 11.8 Å². The first kappa shape index (κ1) is 20.3. The monoisotopic (exact) mass is 417 g/mol. The number of ether oxygens (including phenoxy) is 2. The van der Waals surface area contributed by atoms with Crippen molar-refractivity contribution in [1.82, 2.24) is 19.5 Å². The molecule has 4 atom stereocenters. The zero-order valence-corrected chi connectivity index (χ0v) is 16.2. The fraction of sp³-hybridized carbons (Fsp3) is 0.421. The van der Waals surface area contributed by atoms with Crippen LogP contribution in [0.15, 0.2) is 30.9 Å². The van der Waals surface area contributed by atoms with Crippen molar-refractivity contribution in [2.45, 2.75) is 31.0 Å². The minimum atomic E-state index is -1.23. The summed E-state index contributed by atoms with van der Waals surface area (Å²) in [6.45, 7) is 0.114. The minimum Gasteiger partial charge on any atom is -0.504 e. The van der Waals surface area contributed by atoms with Crippen LogP contribution < -0.4 is 10.1 Å². The summed E-state index contributed by atoms with van der Waals surface area (Å²) in [5.74, 6) is 1.000. The molecule has 3 aromatic rings. The van der Waals surface area contributed by atoms with E-state index in [0.29, 0.717) is 35.7 Å². The molecule has 0 spiro atoms. The number of benzene rings is 1. The lowest BCUT2D eigenvalue weighted by Crippen LogP contribution is -2.33. The molecule has 0 saturated carbocycles. The summed E-state index contributed by atoms with van der Waals surface area (Å²) in [6, 6.07) is 5.22. The van der Waals surface area contributed by atoms with Gasteiger partial charge in [-0.05, 0) is 24.1 Å². The smallest absolute Gasteiger partial charge is 0.167 e. The number of aromatic hydroxyl groups is 1. The Morgan fingerprint density at radius 3 is 2.73 bits per heavy atom. The van der Waals surface area contributed by atoms with Gasteiger partial charge in [0.15, 0.2) is 34.7 Å². The number of fused-ring (bicyclic) bond motifs is 1. The van der Waals surface area contributed by atoms with Crippen LogP contribution in [0.25, 0.3) is 11.2 Å². The molecule has 160 valence electrons. The SMILES string of the molecule is COc1ccc(CCNc2ncnc3c2ncn3C2O[C@H](CO)[C@@H](O)[C@H]2O)cc1O. The number of phenolic OH excluding ortho intramolecular Hbond substituents is 1. The maximum atomic E-state index is 10.3. The Morgan fingerprint density at radius 2 is 2.03 bits per heavy atom. The number of aliphatic hydroxyl groups is 3. The second-order valence-electron chi connectivity index (χ2n) is 6.96. The van der Waals surface area contributed by atoms with E-state index in [1.807, 2.05) is 6.07 Å². The summed E-state index contributed by atoms with van der Waals surface area (Å²) < 4.78 is 12.1. The summed E-state index contributed by atoms with van der Waals surface area (Å²) in [7, 11) is 1.50. The topological polar surface area (TPSA) is 155 Å². The van der Waals surface area contributed by atoms with Crippen LogP contribution in [0.4, 0.5) is 5.82 Å². The third-order valence-corrected chi connectivity index (χ3v) is 5.10. The quantitative estimate of drug-likeness (QED) is 0.349. The standard InChI is InChI=1S/C19H23N5O6/c1-29-12-3-2-10(6-11(12)26)4-5-20-17-14-18(22-8-21-17)24(9-23-14)19-16(28)15(27)13(7-25)30-19/h2-3,6,8-9,13,15-16,19,25-28H,4-5,7H2,1H3,(H,20,21,22)/t13-,15-,16-,19?/m1/s1. The summed E-state index contributed by atoms with van der Waals surface area (Å²) in [4.78, 5) is 12.8. The van der Waals surface area contributed by atoms with Crippen molar-refractivity contribution in [1.29, 1.82) is 0 Å². The van der Waals surface area contributed by atoms with Gasteiger partial charge in [0, 0.05) is 6.54 Å². The van der Waals surface area contributed by atoms with E-state index in [4.69, 9.17) is 9.47 Å². The third-order valence-electron chi connectivity index (χ3n) is 5.10. The van der Waals surface area contributed by atoms with Crippen molar-refractivity contribution in [3.63, 3.8) is 0 Å². The van der Waals surface area contributed by atoms with E-state index < -0.39 is 31.1 Å². The lowest BCUT2D eigenvalue weighted by atomic mass is 10.1. The van der Waals surface area contributed by atoms with Crippen molar-refractivity contribution < 1.29 is 29.9 Å². The number of aromatic nitrogens is 4. The average molecular weight is 417 g/mol. The van der Waals surface area contributed by atoms with Crippen LogP contribution in [0.2, 0.25) is 0 Å². The molecule has 2 aromatic heterocycles. The molecule has 1 aromatic carbocycles. The predicted molar refractivity (Wildman–Crippen MR) is 105 cm³/mol. The van der Waals surface area contributed by atoms with E-state index in [1.54, 1.807) is 12.1 Å². The summed E-state index contributed by atoms with van der Waals surface area (Å²) >= 11 is 0. The van der Waals surface area contributed by atoms with Crippen molar-refractivity contribution in [3.8, 4) is 11.5 Å². The molecule has 1 aliphatic heterocycles. The molecule has 0 amide bonds. The number of imidazole rings is 1. The molecule has 30 heavy (non-hydrogen) atoms. The Morgan fingerprint density at radius 1 is 1.20 bits per heavy atom. The maximum Gasteiger partial charge on any atom is 0.167 e. The first-order chi connectivity index (χ1) is 14.5. The number of phenols is 1. The first-order valence-electron chi connectivity index (χ1n) is 9.43. The molecule has 11 heteroatoms. The first-order valence-corrected chi connectivity index (χ1v) is 9.43. The van der Waals surface area contributed by atoms with Crippen molar-refractivity contribution >= 4 is 17.0 Å². The van der Waals surface area contributed by atoms with Crippen LogP contribution in [-0.2, 0) is 11.2 Å². The number of anilines is 1. The third kappa shape index (κ3) is 3.63. The number of aliphatic hydroxyl groups excluding tert-OH is 3. The second kappa shape index (κ2) is 8.40. The Bertz CT molecular complexity index is 1030. The number of nitrogens with one attached hydrogen (secondary N) is 1. The molecule has 1 aliphatic rings. The van der Waals surface area contributed by atoms with E-state index in [9.17, 15) is 20.4 Å². The number of nitrogens with zero attached hydrogens (tertiary/aromatic N) is 4. The van der Waals surface area contributed by atoms with Gasteiger partial charge in [0.2, 0.25) is 0 Å². The highest BCUT2D eigenvalue weighted by atomic mass is 16.6. The molecule has 1 saturated heterocycles. The summed E-state index contributed by atoms with van der Waals surface area (Å²) in [5.41, 5.74) is 1.82. The zero-order valence-electron chi connectivity index (χ0n) is 16.2. The zero-order chi connectivity index (χ0) is 21.3. The highest BCUT2D eigenvalue weighted by Gasteiger charge is 2.44. The Kier molecular flexibility index (Phi) is 5.68. The summed E-state index contributed by atoms with van der Waals surface area (Å²) in [5, 5.41) is 42.6. The van der Waals surface area contributed by atoms with Gasteiger partial charge in [-0.25, -0.2) is 15.0 Å². The molecule has 3 heterocycles. The normalized spacial score (nSPS) is 23.7. The van der Waals surface area contributed by atoms with Crippen LogP contribution >= 0.6 is 0 Å². The molecule has 0 radical (unpaired) electrons. The molecule has 1 unspecified atom stereocenters. The van der Waals surface area contributed by atoms with Crippen molar-refractivity contribution in [3.05, 3.63) is 36.4 Å². The largest absolute Gasteiger partial charge is 0.504 e. The average Bonchev–Trinajstić information content (AvgIpc) is 3.30. The van der Waals surface area contributed by atoms with Gasteiger partial charge in [0.25, 0.3) is 0 Å². The highest BCUT2D eigenvalue weighted by Crippen LogP contribution is 2.32. The van der Waals surface area contributed by atoms with Crippen LogP contribution in [-0.4, -0.2) is 78.5 Å². The van der Waals surface area contributed by atoms with E-state index in [-0.39, 0.29) is 5.75 Å². The fourth-order valence-electron chi connectivity index (χ4n) is 3.49. The van der Waals surface area contributed by atoms with Crippen LogP contribution in [0, 0.1) is 0 Å². The van der Waals surface area contributed by atoms with Gasteiger partial charge in [-0.2, -0.15) is 0 Å². The minimum absolute atomic E-state index is 0.0802. The van der Waals surface area contributed by atoms with Gasteiger partial charge in [-0.1, -0.05) is 6.07 Å². The van der Waals surface area contributed by atoms with Crippen molar-refractivity contribution in [2.24, 2.45) is 0 Å². The predicted octanol–water partition coefficient (Wildman–Crippen LogP) is -0.193. The second-order valence-corrected chi connectivity index (χ2v) is 6.96. The van der Waals surface area contributed by atoms with Gasteiger partial charge in [0.1, 0.15) is 24.6 Å². The van der Waals surface area contributed by atoms with Crippen LogP contribution in [0.5, 0.6) is 11.5 Å². The number of hydrogen-bond acceptors (Lipinski definition) is 10. The molecule has 0 bridgehead atoms. The van der Waals surface area contributed by atoms with E-state index in [0.717, 1.165) is 5.56 Å². The molecular formula is C19H23N5O6. The molecule has 5 N–H and O–H groups in total. The molecular weight excluding hydrogens is 394 g/mol. The number of methoxy groups -OCH3 is 1. The molecule has 1 fully saturated rings. The van der Waals surface area contributed by atoms with Gasteiger partial charge in [-0.15, -0.1) is 0 Å². The van der Waals surface area contributed by atoms with Gasteiger partial charge in [-0.3, -0.25) is 4.57 Å². The van der Waals surface area contributed by atoms with E-state index in [2.05, 4.69) is 20.3 Å². The number of rotatable bonds is 7. The Labute approximate surface area is 171 Å². The van der Waals surface area contributed by atoms with Crippen LogP contribution in [0.3, 0.4) is 0 Å². The van der Waals surface area contributed by atoms with E-state index in [1.165, 1.54) is 24.3 Å². The maximum absolute atomic E-state index is 10.3. The highest BCUT2D eigenvalue weighted by molar-refractivity contribution is 5.82. The Hall–Kier alpha value is -2.99. The molecule has 0 aliphatic carbocycles. The van der Waals surface area contributed by atoms with E-state index >= 15 is 0 Å².